The maximum absolute atomic E-state index is 5.63. The summed E-state index contributed by atoms with van der Waals surface area (Å²) in [5.74, 6) is 2.34. The maximum Gasteiger partial charge on any atom is 0.273 e. The van der Waals surface area contributed by atoms with Gasteiger partial charge in [-0.1, -0.05) is 40.5 Å². The van der Waals surface area contributed by atoms with Crippen LogP contribution in [0.4, 0.5) is 0 Å². The van der Waals surface area contributed by atoms with Crippen molar-refractivity contribution in [3.8, 4) is 0 Å². The van der Waals surface area contributed by atoms with Crippen molar-refractivity contribution >= 4 is 11.8 Å². The lowest BCUT2D eigenvalue weighted by atomic mass is 10.0. The molecule has 0 amide bonds. The molecule has 0 aromatic rings. The maximum atomic E-state index is 5.63. The van der Waals surface area contributed by atoms with Crippen LogP contribution in [0.25, 0.3) is 0 Å². The van der Waals surface area contributed by atoms with E-state index in [1.165, 1.54) is 0 Å². The zero-order valence-electron chi connectivity index (χ0n) is 11.8. The van der Waals surface area contributed by atoms with Crippen LogP contribution in [-0.4, -0.2) is 37.1 Å². The second-order valence-corrected chi connectivity index (χ2v) is 5.40. The van der Waals surface area contributed by atoms with E-state index < -0.39 is 0 Å². The molecule has 2 aliphatic heterocycles. The molecule has 0 spiro atoms. The molecule has 0 aromatic carbocycles. The molecular weight excluding hydrogens is 228 g/mol. The molecule has 2 aliphatic rings. The van der Waals surface area contributed by atoms with Crippen LogP contribution < -0.4 is 0 Å². The zero-order chi connectivity index (χ0) is 13.1. The van der Waals surface area contributed by atoms with Crippen molar-refractivity contribution in [3.63, 3.8) is 0 Å². The van der Waals surface area contributed by atoms with Gasteiger partial charge in [0.1, 0.15) is 13.2 Å². The summed E-state index contributed by atoms with van der Waals surface area (Å²) in [5.41, 5.74) is 0. The second kappa shape index (κ2) is 5.72. The van der Waals surface area contributed by atoms with Gasteiger partial charge in [0, 0.05) is 0 Å². The quantitative estimate of drug-likeness (QED) is 0.755. The third-order valence-corrected chi connectivity index (χ3v) is 4.13. The minimum Gasteiger partial charge on any atom is -0.472 e. The smallest absolute Gasteiger partial charge is 0.273 e. The Hall–Kier alpha value is -1.06. The molecular formula is C14H24N2O2. The highest BCUT2D eigenvalue weighted by Gasteiger charge is 2.32. The lowest BCUT2D eigenvalue weighted by Crippen LogP contribution is -2.16. The first-order chi connectivity index (χ1) is 8.65. The summed E-state index contributed by atoms with van der Waals surface area (Å²) in [6, 6.07) is 0.526. The molecule has 0 fully saturated rings. The highest BCUT2D eigenvalue weighted by molar-refractivity contribution is 6.36. The van der Waals surface area contributed by atoms with E-state index in [9.17, 15) is 0 Å². The highest BCUT2D eigenvalue weighted by atomic mass is 16.5. The Labute approximate surface area is 109 Å². The van der Waals surface area contributed by atoms with Crippen LogP contribution in [0.1, 0.15) is 40.5 Å². The average molecular weight is 252 g/mol. The standard InChI is InChI=1S/C14H24N2O2/c1-5-9(3)11-7-17-13(15-11)14-16-12(8-18-14)10(4)6-2/h9-12H,5-8H2,1-4H3/t9?,10?,11-,12-/m1/s1. The molecule has 0 aromatic heterocycles. The summed E-state index contributed by atoms with van der Waals surface area (Å²) in [5, 5.41) is 0. The third kappa shape index (κ3) is 2.68. The lowest BCUT2D eigenvalue weighted by molar-refractivity contribution is 0.265. The first-order valence-electron chi connectivity index (χ1n) is 7.07. The highest BCUT2D eigenvalue weighted by Crippen LogP contribution is 2.21. The van der Waals surface area contributed by atoms with Crippen molar-refractivity contribution in [2.24, 2.45) is 21.8 Å². The summed E-state index contributed by atoms with van der Waals surface area (Å²) in [6.45, 7) is 10.1. The van der Waals surface area contributed by atoms with Gasteiger partial charge in [-0.3, -0.25) is 0 Å². The molecule has 4 nitrogen and oxygen atoms in total. The molecule has 18 heavy (non-hydrogen) atoms. The van der Waals surface area contributed by atoms with Crippen molar-refractivity contribution in [1.82, 2.24) is 0 Å². The van der Waals surface area contributed by atoms with Crippen molar-refractivity contribution in [2.75, 3.05) is 13.2 Å². The van der Waals surface area contributed by atoms with Gasteiger partial charge in [0.15, 0.2) is 0 Å². The summed E-state index contributed by atoms with van der Waals surface area (Å²) in [7, 11) is 0. The largest absolute Gasteiger partial charge is 0.472 e. The molecule has 0 aliphatic carbocycles. The van der Waals surface area contributed by atoms with E-state index in [0.29, 0.717) is 36.8 Å². The van der Waals surface area contributed by atoms with Gasteiger partial charge in [0.25, 0.3) is 11.8 Å². The molecule has 2 heterocycles. The van der Waals surface area contributed by atoms with Crippen LogP contribution >= 0.6 is 0 Å². The Morgan fingerprint density at radius 2 is 1.33 bits per heavy atom. The van der Waals surface area contributed by atoms with Gasteiger partial charge in [-0.2, -0.15) is 0 Å². The summed E-state index contributed by atoms with van der Waals surface area (Å²) < 4.78 is 11.3. The van der Waals surface area contributed by atoms with Gasteiger partial charge in [0.05, 0.1) is 12.1 Å². The molecule has 0 bridgehead atoms. The number of nitrogens with zero attached hydrogens (tertiary/aromatic N) is 2. The van der Waals surface area contributed by atoms with Crippen molar-refractivity contribution in [2.45, 2.75) is 52.6 Å². The summed E-state index contributed by atoms with van der Waals surface area (Å²) >= 11 is 0. The van der Waals surface area contributed by atoms with Crippen LogP contribution in [0.5, 0.6) is 0 Å². The third-order valence-electron chi connectivity index (χ3n) is 4.13. The Balaban J connectivity index is 2.01. The SMILES string of the molecule is CCC(C)[C@H]1COC(C2=N[C@@H](C(C)CC)CO2)=N1. The van der Waals surface area contributed by atoms with E-state index in [4.69, 9.17) is 9.47 Å². The fraction of sp³-hybridized carbons (Fsp3) is 0.857. The van der Waals surface area contributed by atoms with Gasteiger partial charge in [0.2, 0.25) is 0 Å². The van der Waals surface area contributed by atoms with Gasteiger partial charge in [-0.05, 0) is 11.8 Å². The fourth-order valence-corrected chi connectivity index (χ4v) is 2.14. The summed E-state index contributed by atoms with van der Waals surface area (Å²) in [4.78, 5) is 9.20. The molecule has 4 heteroatoms. The van der Waals surface area contributed by atoms with Crippen LogP contribution in [0.15, 0.2) is 9.98 Å². The molecule has 2 unspecified atom stereocenters. The van der Waals surface area contributed by atoms with E-state index in [0.717, 1.165) is 12.8 Å². The molecule has 2 rings (SSSR count). The van der Waals surface area contributed by atoms with Gasteiger partial charge in [-0.25, -0.2) is 9.98 Å². The van der Waals surface area contributed by atoms with Gasteiger partial charge >= 0.3 is 0 Å². The van der Waals surface area contributed by atoms with Gasteiger partial charge < -0.3 is 9.47 Å². The molecule has 0 saturated carbocycles. The molecule has 0 saturated heterocycles. The normalized spacial score (nSPS) is 30.2. The number of ether oxygens (including phenoxy) is 2. The van der Waals surface area contributed by atoms with Crippen molar-refractivity contribution in [3.05, 3.63) is 0 Å². The number of hydrogen-bond donors (Lipinski definition) is 0. The van der Waals surface area contributed by atoms with E-state index >= 15 is 0 Å². The Kier molecular flexibility index (Phi) is 4.25. The Morgan fingerprint density at radius 1 is 0.944 bits per heavy atom. The number of rotatable bonds is 5. The monoisotopic (exact) mass is 252 g/mol. The average Bonchev–Trinajstić information content (AvgIpc) is 3.04. The predicted molar refractivity (Wildman–Crippen MR) is 73.3 cm³/mol. The first kappa shape index (κ1) is 13.4. The van der Waals surface area contributed by atoms with Crippen molar-refractivity contribution in [1.29, 1.82) is 0 Å². The fourth-order valence-electron chi connectivity index (χ4n) is 2.14. The van der Waals surface area contributed by atoms with Crippen molar-refractivity contribution < 1.29 is 9.47 Å². The van der Waals surface area contributed by atoms with Crippen LogP contribution in [0.2, 0.25) is 0 Å². The zero-order valence-corrected chi connectivity index (χ0v) is 11.8. The van der Waals surface area contributed by atoms with E-state index in [1.807, 2.05) is 0 Å². The van der Waals surface area contributed by atoms with Gasteiger partial charge in [-0.15, -0.1) is 0 Å². The minimum absolute atomic E-state index is 0.263. The number of hydrogen-bond acceptors (Lipinski definition) is 4. The Morgan fingerprint density at radius 3 is 1.67 bits per heavy atom. The van der Waals surface area contributed by atoms with E-state index in [1.54, 1.807) is 0 Å². The molecule has 0 N–H and O–H groups in total. The minimum atomic E-state index is 0.263. The predicted octanol–water partition coefficient (Wildman–Crippen LogP) is 2.67. The molecule has 102 valence electrons. The first-order valence-corrected chi connectivity index (χ1v) is 7.07. The Bertz CT molecular complexity index is 318. The van der Waals surface area contributed by atoms with Crippen LogP contribution in [-0.2, 0) is 9.47 Å². The summed E-state index contributed by atoms with van der Waals surface area (Å²) in [6.07, 6.45) is 2.24. The molecule has 4 atom stereocenters. The van der Waals surface area contributed by atoms with E-state index in [2.05, 4.69) is 37.7 Å². The van der Waals surface area contributed by atoms with Crippen LogP contribution in [0, 0.1) is 11.8 Å². The lowest BCUT2D eigenvalue weighted by Gasteiger charge is -2.11. The number of aliphatic imine (C=N–C) groups is 2. The van der Waals surface area contributed by atoms with Crippen LogP contribution in [0.3, 0.4) is 0 Å². The molecule has 0 radical (unpaired) electrons. The topological polar surface area (TPSA) is 43.2 Å². The second-order valence-electron chi connectivity index (χ2n) is 5.40. The van der Waals surface area contributed by atoms with E-state index in [-0.39, 0.29) is 12.1 Å².